The number of ether oxygens (including phenoxy) is 1. The van der Waals surface area contributed by atoms with Gasteiger partial charge in [-0.25, -0.2) is 4.98 Å². The van der Waals surface area contributed by atoms with E-state index in [1.807, 2.05) is 41.5 Å². The van der Waals surface area contributed by atoms with Crippen LogP contribution >= 0.6 is 11.8 Å². The predicted molar refractivity (Wildman–Crippen MR) is 105 cm³/mol. The van der Waals surface area contributed by atoms with Gasteiger partial charge in [0, 0.05) is 18.3 Å². The summed E-state index contributed by atoms with van der Waals surface area (Å²) in [4.78, 5) is 23.8. The Morgan fingerprint density at radius 3 is 2.86 bits per heavy atom. The highest BCUT2D eigenvalue weighted by Crippen LogP contribution is 2.34. The predicted octanol–water partition coefficient (Wildman–Crippen LogP) is 3.84. The van der Waals surface area contributed by atoms with Crippen molar-refractivity contribution >= 4 is 17.7 Å². The molecule has 2 aromatic heterocycles. The van der Waals surface area contributed by atoms with Crippen molar-refractivity contribution in [2.45, 2.75) is 23.9 Å². The van der Waals surface area contributed by atoms with E-state index >= 15 is 0 Å². The van der Waals surface area contributed by atoms with Crippen LogP contribution in [0.2, 0.25) is 0 Å². The minimum absolute atomic E-state index is 0.0517. The summed E-state index contributed by atoms with van der Waals surface area (Å²) in [6, 6.07) is 10.8. The molecule has 1 atom stereocenters. The quantitative estimate of drug-likeness (QED) is 0.606. The van der Waals surface area contributed by atoms with Crippen LogP contribution in [0.15, 0.2) is 52.1 Å². The minimum atomic E-state index is -0.220. The number of benzene rings is 1. The second-order valence-corrected chi connectivity index (χ2v) is 7.20. The van der Waals surface area contributed by atoms with Gasteiger partial charge in [0.05, 0.1) is 12.7 Å². The normalized spacial score (nSPS) is 16.4. The number of hydrogen-bond donors (Lipinski definition) is 0. The molecule has 1 aliphatic rings. The van der Waals surface area contributed by atoms with Crippen molar-refractivity contribution < 1.29 is 14.1 Å². The van der Waals surface area contributed by atoms with Crippen LogP contribution in [0.1, 0.15) is 35.1 Å². The molecule has 0 bridgehead atoms. The Balaban J connectivity index is 1.58. The molecule has 1 aliphatic heterocycles. The van der Waals surface area contributed by atoms with E-state index in [0.717, 1.165) is 29.2 Å². The van der Waals surface area contributed by atoms with Crippen molar-refractivity contribution in [3.8, 4) is 17.1 Å². The molecule has 4 rings (SSSR count). The summed E-state index contributed by atoms with van der Waals surface area (Å²) in [7, 11) is 1.62. The van der Waals surface area contributed by atoms with E-state index < -0.39 is 0 Å². The molecule has 0 radical (unpaired) electrons. The van der Waals surface area contributed by atoms with Crippen molar-refractivity contribution in [2.75, 3.05) is 19.9 Å². The van der Waals surface area contributed by atoms with E-state index in [2.05, 4.69) is 15.1 Å². The van der Waals surface area contributed by atoms with Crippen LogP contribution in [0, 0.1) is 0 Å². The van der Waals surface area contributed by atoms with E-state index in [0.29, 0.717) is 23.8 Å². The van der Waals surface area contributed by atoms with E-state index in [-0.39, 0.29) is 11.9 Å². The minimum Gasteiger partial charge on any atom is -0.497 e. The number of nitrogens with zero attached hydrogens (tertiary/aromatic N) is 4. The third kappa shape index (κ3) is 3.47. The average Bonchev–Trinajstić information content (AvgIpc) is 3.42. The number of pyridine rings is 1. The van der Waals surface area contributed by atoms with Gasteiger partial charge in [-0.15, -0.1) is 11.8 Å². The molecule has 0 saturated carbocycles. The highest BCUT2D eigenvalue weighted by Gasteiger charge is 2.35. The molecule has 3 aromatic rings. The summed E-state index contributed by atoms with van der Waals surface area (Å²) in [6.07, 6.45) is 5.30. The van der Waals surface area contributed by atoms with E-state index in [1.54, 1.807) is 19.4 Å². The van der Waals surface area contributed by atoms with Gasteiger partial charge in [-0.2, -0.15) is 4.98 Å². The van der Waals surface area contributed by atoms with Crippen LogP contribution < -0.4 is 4.74 Å². The van der Waals surface area contributed by atoms with Crippen molar-refractivity contribution in [1.82, 2.24) is 20.0 Å². The Hall–Kier alpha value is -2.87. The molecule has 0 unspecified atom stereocenters. The maximum absolute atomic E-state index is 13.1. The number of hydrogen-bond acceptors (Lipinski definition) is 7. The lowest BCUT2D eigenvalue weighted by atomic mass is 10.2. The zero-order valence-corrected chi connectivity index (χ0v) is 16.5. The van der Waals surface area contributed by atoms with E-state index in [1.165, 1.54) is 11.8 Å². The molecule has 1 saturated heterocycles. The summed E-state index contributed by atoms with van der Waals surface area (Å²) >= 11 is 1.46. The van der Waals surface area contributed by atoms with Crippen LogP contribution in [0.5, 0.6) is 5.75 Å². The summed E-state index contributed by atoms with van der Waals surface area (Å²) in [5.41, 5.74) is 1.44. The first kappa shape index (κ1) is 18.5. The lowest BCUT2D eigenvalue weighted by Gasteiger charge is -2.22. The summed E-state index contributed by atoms with van der Waals surface area (Å²) in [5.74, 6) is 1.68. The average molecular weight is 396 g/mol. The molecule has 1 aromatic carbocycles. The molecular weight excluding hydrogens is 376 g/mol. The first-order chi connectivity index (χ1) is 13.7. The molecule has 0 N–H and O–H groups in total. The summed E-state index contributed by atoms with van der Waals surface area (Å²) in [5, 5.41) is 4.83. The maximum Gasteiger partial charge on any atom is 0.257 e. The lowest BCUT2D eigenvalue weighted by Crippen LogP contribution is -2.31. The zero-order chi connectivity index (χ0) is 19.5. The molecule has 144 valence electrons. The SMILES string of the molecule is COc1ccc(-c2noc([C@H]3CCCN3C(=O)c3cccnc3SC)n2)cc1. The highest BCUT2D eigenvalue weighted by molar-refractivity contribution is 7.98. The number of amides is 1. The van der Waals surface area contributed by atoms with Gasteiger partial charge in [0.15, 0.2) is 0 Å². The van der Waals surface area contributed by atoms with Gasteiger partial charge < -0.3 is 14.2 Å². The van der Waals surface area contributed by atoms with Gasteiger partial charge in [0.25, 0.3) is 5.91 Å². The van der Waals surface area contributed by atoms with Crippen molar-refractivity contribution in [1.29, 1.82) is 0 Å². The third-order valence-electron chi connectivity index (χ3n) is 4.78. The Kier molecular flexibility index (Phi) is 5.29. The molecule has 8 heteroatoms. The number of likely N-dealkylation sites (tertiary alicyclic amines) is 1. The molecule has 28 heavy (non-hydrogen) atoms. The topological polar surface area (TPSA) is 81.4 Å². The number of carbonyl (C=O) groups excluding carboxylic acids is 1. The molecule has 0 aliphatic carbocycles. The Labute approximate surface area is 167 Å². The second kappa shape index (κ2) is 8.02. The lowest BCUT2D eigenvalue weighted by molar-refractivity contribution is 0.0705. The molecule has 7 nitrogen and oxygen atoms in total. The van der Waals surface area contributed by atoms with Gasteiger partial charge in [-0.3, -0.25) is 4.79 Å². The third-order valence-corrected chi connectivity index (χ3v) is 5.50. The number of rotatable bonds is 5. The molecule has 1 fully saturated rings. The van der Waals surface area contributed by atoms with E-state index in [9.17, 15) is 4.79 Å². The molecule has 0 spiro atoms. The van der Waals surface area contributed by atoms with Gasteiger partial charge in [0.1, 0.15) is 16.8 Å². The number of aromatic nitrogens is 3. The zero-order valence-electron chi connectivity index (χ0n) is 15.7. The fourth-order valence-electron chi connectivity index (χ4n) is 3.37. The Morgan fingerprint density at radius 1 is 1.29 bits per heavy atom. The van der Waals surface area contributed by atoms with Crippen LogP contribution in [-0.2, 0) is 0 Å². The maximum atomic E-state index is 13.1. The van der Waals surface area contributed by atoms with Crippen LogP contribution in [0.3, 0.4) is 0 Å². The standard InChI is InChI=1S/C20H20N4O3S/c1-26-14-9-7-13(8-10-14)17-22-18(27-23-17)16-6-4-12-24(16)20(25)15-5-3-11-21-19(15)28-2/h3,5,7-11,16H,4,6,12H2,1-2H3/t16-/m1/s1. The molecular formula is C20H20N4O3S. The van der Waals surface area contributed by atoms with Crippen molar-refractivity contribution in [2.24, 2.45) is 0 Å². The van der Waals surface area contributed by atoms with E-state index in [4.69, 9.17) is 9.26 Å². The summed E-state index contributed by atoms with van der Waals surface area (Å²) in [6.45, 7) is 0.659. The van der Waals surface area contributed by atoms with Crippen LogP contribution in [0.25, 0.3) is 11.4 Å². The Bertz CT molecular complexity index is 974. The number of carbonyl (C=O) groups is 1. The van der Waals surface area contributed by atoms with Gasteiger partial charge in [-0.05, 0) is 55.5 Å². The monoisotopic (exact) mass is 396 g/mol. The second-order valence-electron chi connectivity index (χ2n) is 6.40. The fraction of sp³-hybridized carbons (Fsp3) is 0.300. The fourth-order valence-corrected chi connectivity index (χ4v) is 3.91. The number of methoxy groups -OCH3 is 1. The molecule has 1 amide bonds. The number of thioether (sulfide) groups is 1. The highest BCUT2D eigenvalue weighted by atomic mass is 32.2. The molecule has 3 heterocycles. The largest absolute Gasteiger partial charge is 0.497 e. The smallest absolute Gasteiger partial charge is 0.257 e. The van der Waals surface area contributed by atoms with Crippen molar-refractivity contribution in [3.63, 3.8) is 0 Å². The van der Waals surface area contributed by atoms with Gasteiger partial charge in [-0.1, -0.05) is 5.16 Å². The van der Waals surface area contributed by atoms with Crippen LogP contribution in [-0.4, -0.2) is 45.8 Å². The van der Waals surface area contributed by atoms with Gasteiger partial charge >= 0.3 is 0 Å². The van der Waals surface area contributed by atoms with Crippen molar-refractivity contribution in [3.05, 3.63) is 54.0 Å². The first-order valence-electron chi connectivity index (χ1n) is 8.99. The Morgan fingerprint density at radius 2 is 2.11 bits per heavy atom. The van der Waals surface area contributed by atoms with Crippen LogP contribution in [0.4, 0.5) is 0 Å². The summed E-state index contributed by atoms with van der Waals surface area (Å²) < 4.78 is 10.7. The van der Waals surface area contributed by atoms with Gasteiger partial charge in [0.2, 0.25) is 11.7 Å². The first-order valence-corrected chi connectivity index (χ1v) is 10.2.